The zero-order valence-corrected chi connectivity index (χ0v) is 11.4. The standard InChI is InChI=1S/C16H14O5/c1-18-11-6-2-4-8-13(11)21-16(17)15-10-19-12-7-3-5-9-14(12)20-15/h2-9,15H,10H2,1H3. The number of esters is 1. The van der Waals surface area contributed by atoms with Gasteiger partial charge in [-0.05, 0) is 24.3 Å². The maximum atomic E-state index is 12.2. The van der Waals surface area contributed by atoms with E-state index in [4.69, 9.17) is 18.9 Å². The predicted octanol–water partition coefficient (Wildman–Crippen LogP) is 2.44. The minimum absolute atomic E-state index is 0.116. The molecule has 108 valence electrons. The Balaban J connectivity index is 1.72. The highest BCUT2D eigenvalue weighted by Crippen LogP contribution is 2.32. The van der Waals surface area contributed by atoms with Crippen molar-refractivity contribution in [2.75, 3.05) is 13.7 Å². The minimum atomic E-state index is -0.801. The van der Waals surface area contributed by atoms with Gasteiger partial charge in [-0.15, -0.1) is 0 Å². The zero-order valence-electron chi connectivity index (χ0n) is 11.4. The van der Waals surface area contributed by atoms with Gasteiger partial charge in [0.2, 0.25) is 6.10 Å². The number of rotatable bonds is 3. The van der Waals surface area contributed by atoms with Crippen LogP contribution in [0.15, 0.2) is 48.5 Å². The third kappa shape index (κ3) is 2.76. The van der Waals surface area contributed by atoms with E-state index < -0.39 is 12.1 Å². The van der Waals surface area contributed by atoms with Gasteiger partial charge in [0, 0.05) is 0 Å². The first kappa shape index (κ1) is 13.3. The third-order valence-electron chi connectivity index (χ3n) is 3.05. The van der Waals surface area contributed by atoms with E-state index in [1.807, 2.05) is 12.1 Å². The molecule has 0 N–H and O–H groups in total. The van der Waals surface area contributed by atoms with Crippen molar-refractivity contribution in [1.82, 2.24) is 0 Å². The fourth-order valence-electron chi connectivity index (χ4n) is 2.01. The molecule has 0 saturated heterocycles. The SMILES string of the molecule is COc1ccccc1OC(=O)C1COc2ccccc2O1. The monoisotopic (exact) mass is 286 g/mol. The average molecular weight is 286 g/mol. The number of para-hydroxylation sites is 4. The summed E-state index contributed by atoms with van der Waals surface area (Å²) in [6.07, 6.45) is -0.801. The van der Waals surface area contributed by atoms with Crippen molar-refractivity contribution >= 4 is 5.97 Å². The number of hydrogen-bond donors (Lipinski definition) is 0. The molecule has 1 heterocycles. The molecule has 0 amide bonds. The van der Waals surface area contributed by atoms with Gasteiger partial charge in [-0.1, -0.05) is 24.3 Å². The van der Waals surface area contributed by atoms with Gasteiger partial charge in [-0.2, -0.15) is 0 Å². The Hall–Kier alpha value is -2.69. The number of hydrogen-bond acceptors (Lipinski definition) is 5. The molecule has 21 heavy (non-hydrogen) atoms. The number of methoxy groups -OCH3 is 1. The second-order valence-corrected chi connectivity index (χ2v) is 4.44. The Morgan fingerprint density at radius 3 is 2.48 bits per heavy atom. The Morgan fingerprint density at radius 1 is 1.05 bits per heavy atom. The molecule has 1 aliphatic rings. The smallest absolute Gasteiger partial charge is 0.356 e. The number of carbonyl (C=O) groups excluding carboxylic acids is 1. The van der Waals surface area contributed by atoms with Crippen molar-refractivity contribution in [2.24, 2.45) is 0 Å². The van der Waals surface area contributed by atoms with E-state index in [0.717, 1.165) is 0 Å². The van der Waals surface area contributed by atoms with Gasteiger partial charge in [-0.3, -0.25) is 0 Å². The van der Waals surface area contributed by atoms with Gasteiger partial charge in [0.25, 0.3) is 0 Å². The molecule has 3 rings (SSSR count). The fraction of sp³-hybridized carbons (Fsp3) is 0.188. The summed E-state index contributed by atoms with van der Waals surface area (Å²) >= 11 is 0. The molecule has 0 fully saturated rings. The first-order chi connectivity index (χ1) is 10.3. The highest BCUT2D eigenvalue weighted by atomic mass is 16.6. The average Bonchev–Trinajstić information content (AvgIpc) is 2.55. The predicted molar refractivity (Wildman–Crippen MR) is 75.0 cm³/mol. The fourth-order valence-corrected chi connectivity index (χ4v) is 2.01. The number of fused-ring (bicyclic) bond motifs is 1. The van der Waals surface area contributed by atoms with Crippen molar-refractivity contribution in [2.45, 2.75) is 6.10 Å². The molecule has 2 aromatic rings. The minimum Gasteiger partial charge on any atom is -0.493 e. The van der Waals surface area contributed by atoms with Gasteiger partial charge in [-0.25, -0.2) is 4.79 Å². The molecule has 0 saturated carbocycles. The summed E-state index contributed by atoms with van der Waals surface area (Å²) in [5.74, 6) is 1.48. The number of ether oxygens (including phenoxy) is 4. The maximum Gasteiger partial charge on any atom is 0.356 e. The molecule has 0 bridgehead atoms. The molecule has 1 atom stereocenters. The molecule has 1 unspecified atom stereocenters. The van der Waals surface area contributed by atoms with Crippen LogP contribution in [0.3, 0.4) is 0 Å². The summed E-state index contributed by atoms with van der Waals surface area (Å²) < 4.78 is 21.6. The second-order valence-electron chi connectivity index (χ2n) is 4.44. The van der Waals surface area contributed by atoms with Gasteiger partial charge in [0.1, 0.15) is 6.61 Å². The molecule has 0 spiro atoms. The quantitative estimate of drug-likeness (QED) is 0.641. The number of benzene rings is 2. The molecular formula is C16H14O5. The summed E-state index contributed by atoms with van der Waals surface area (Å²) in [5.41, 5.74) is 0. The van der Waals surface area contributed by atoms with Crippen LogP contribution in [-0.2, 0) is 4.79 Å². The van der Waals surface area contributed by atoms with E-state index in [9.17, 15) is 4.79 Å². The van der Waals surface area contributed by atoms with E-state index in [-0.39, 0.29) is 6.61 Å². The van der Waals surface area contributed by atoms with Crippen LogP contribution in [0.2, 0.25) is 0 Å². The largest absolute Gasteiger partial charge is 0.493 e. The van der Waals surface area contributed by atoms with Crippen molar-refractivity contribution in [1.29, 1.82) is 0 Å². The first-order valence-electron chi connectivity index (χ1n) is 6.51. The van der Waals surface area contributed by atoms with Gasteiger partial charge < -0.3 is 18.9 Å². The highest BCUT2D eigenvalue weighted by molar-refractivity contribution is 5.79. The molecule has 0 aliphatic carbocycles. The lowest BCUT2D eigenvalue weighted by molar-refractivity contribution is -0.144. The lowest BCUT2D eigenvalue weighted by Crippen LogP contribution is -2.39. The van der Waals surface area contributed by atoms with Crippen molar-refractivity contribution < 1.29 is 23.7 Å². The summed E-state index contributed by atoms with van der Waals surface area (Å²) in [4.78, 5) is 12.2. The van der Waals surface area contributed by atoms with Crippen LogP contribution in [-0.4, -0.2) is 25.8 Å². The molecule has 0 radical (unpaired) electrons. The molecule has 5 nitrogen and oxygen atoms in total. The van der Waals surface area contributed by atoms with Gasteiger partial charge in [0.15, 0.2) is 23.0 Å². The van der Waals surface area contributed by atoms with Crippen LogP contribution in [0.4, 0.5) is 0 Å². The molecule has 5 heteroatoms. The Morgan fingerprint density at radius 2 is 1.71 bits per heavy atom. The van der Waals surface area contributed by atoms with Crippen molar-refractivity contribution in [3.63, 3.8) is 0 Å². The summed E-state index contributed by atoms with van der Waals surface area (Å²) in [7, 11) is 1.52. The van der Waals surface area contributed by atoms with Crippen LogP contribution < -0.4 is 18.9 Å². The Labute approximate surface area is 122 Å². The van der Waals surface area contributed by atoms with E-state index in [2.05, 4.69) is 0 Å². The first-order valence-corrected chi connectivity index (χ1v) is 6.51. The zero-order chi connectivity index (χ0) is 14.7. The van der Waals surface area contributed by atoms with Gasteiger partial charge >= 0.3 is 5.97 Å². The van der Waals surface area contributed by atoms with Crippen molar-refractivity contribution in [3.8, 4) is 23.0 Å². The highest BCUT2D eigenvalue weighted by Gasteiger charge is 2.29. The summed E-state index contributed by atoms with van der Waals surface area (Å²) in [6.45, 7) is 0.116. The molecule has 2 aromatic carbocycles. The van der Waals surface area contributed by atoms with Crippen LogP contribution in [0.1, 0.15) is 0 Å². The Kier molecular flexibility index (Phi) is 3.64. The molecule has 1 aliphatic heterocycles. The maximum absolute atomic E-state index is 12.2. The van der Waals surface area contributed by atoms with Crippen LogP contribution in [0, 0.1) is 0 Å². The Bertz CT molecular complexity index is 653. The van der Waals surface area contributed by atoms with Crippen LogP contribution in [0.25, 0.3) is 0 Å². The van der Waals surface area contributed by atoms with E-state index in [1.165, 1.54) is 7.11 Å². The van der Waals surface area contributed by atoms with E-state index >= 15 is 0 Å². The third-order valence-corrected chi connectivity index (χ3v) is 3.05. The normalized spacial score (nSPS) is 16.1. The lowest BCUT2D eigenvalue weighted by Gasteiger charge is -2.25. The van der Waals surface area contributed by atoms with Crippen LogP contribution in [0.5, 0.6) is 23.0 Å². The molecular weight excluding hydrogens is 272 g/mol. The van der Waals surface area contributed by atoms with Gasteiger partial charge in [0.05, 0.1) is 7.11 Å². The lowest BCUT2D eigenvalue weighted by atomic mass is 10.2. The van der Waals surface area contributed by atoms with Crippen molar-refractivity contribution in [3.05, 3.63) is 48.5 Å². The van der Waals surface area contributed by atoms with E-state index in [1.54, 1.807) is 36.4 Å². The van der Waals surface area contributed by atoms with E-state index in [0.29, 0.717) is 23.0 Å². The topological polar surface area (TPSA) is 54.0 Å². The second kappa shape index (κ2) is 5.75. The molecule has 0 aromatic heterocycles. The number of carbonyl (C=O) groups is 1. The summed E-state index contributed by atoms with van der Waals surface area (Å²) in [5, 5.41) is 0. The summed E-state index contributed by atoms with van der Waals surface area (Å²) in [6, 6.07) is 14.1. The van der Waals surface area contributed by atoms with Crippen LogP contribution >= 0.6 is 0 Å².